The zero-order valence-corrected chi connectivity index (χ0v) is 13.8. The molecule has 0 spiro atoms. The number of hydrogen-bond donors (Lipinski definition) is 1. The van der Waals surface area contributed by atoms with Crippen LogP contribution in [0, 0.1) is 5.92 Å². The molecule has 5 nitrogen and oxygen atoms in total. The van der Waals surface area contributed by atoms with Crippen LogP contribution in [0.15, 0.2) is 0 Å². The Kier molecular flexibility index (Phi) is 5.37. The van der Waals surface area contributed by atoms with Crippen molar-refractivity contribution in [2.75, 3.05) is 39.5 Å². The van der Waals surface area contributed by atoms with E-state index in [0.29, 0.717) is 6.61 Å². The lowest BCUT2D eigenvalue weighted by atomic mass is 9.86. The highest BCUT2D eigenvalue weighted by Crippen LogP contribution is 2.38. The Morgan fingerprint density at radius 3 is 2.50 bits per heavy atom. The summed E-state index contributed by atoms with van der Waals surface area (Å²) in [4.78, 5) is 15.1. The predicted molar refractivity (Wildman–Crippen MR) is 84.7 cm³/mol. The molecule has 3 aliphatic rings. The molecule has 2 atom stereocenters. The maximum absolute atomic E-state index is 12.6. The van der Waals surface area contributed by atoms with Gasteiger partial charge in [0.15, 0.2) is 0 Å². The van der Waals surface area contributed by atoms with E-state index in [1.54, 1.807) is 0 Å². The second-order valence-electron chi connectivity index (χ2n) is 7.05. The van der Waals surface area contributed by atoms with Crippen molar-refractivity contribution in [1.82, 2.24) is 10.2 Å². The molecule has 2 unspecified atom stereocenters. The topological polar surface area (TPSA) is 50.8 Å². The fraction of sp³-hybridized carbons (Fsp3) is 0.941. The molecule has 1 saturated carbocycles. The van der Waals surface area contributed by atoms with E-state index < -0.39 is 0 Å². The van der Waals surface area contributed by atoms with Crippen LogP contribution in [0.2, 0.25) is 0 Å². The summed E-state index contributed by atoms with van der Waals surface area (Å²) in [7, 11) is 0. The molecule has 0 aromatic rings. The van der Waals surface area contributed by atoms with Crippen LogP contribution < -0.4 is 5.32 Å². The Morgan fingerprint density at radius 1 is 1.14 bits per heavy atom. The third-order valence-electron chi connectivity index (χ3n) is 5.81. The minimum Gasteiger partial charge on any atom is -0.381 e. The van der Waals surface area contributed by atoms with Gasteiger partial charge in [0.2, 0.25) is 5.91 Å². The Bertz CT molecular complexity index is 370. The third kappa shape index (κ3) is 3.31. The molecule has 0 aromatic heterocycles. The van der Waals surface area contributed by atoms with Crippen molar-refractivity contribution in [3.8, 4) is 0 Å². The van der Waals surface area contributed by atoms with Gasteiger partial charge in [-0.15, -0.1) is 0 Å². The van der Waals surface area contributed by atoms with Crippen LogP contribution in [0.4, 0.5) is 0 Å². The molecule has 5 heteroatoms. The molecule has 126 valence electrons. The number of carbonyl (C=O) groups is 1. The van der Waals surface area contributed by atoms with Crippen LogP contribution >= 0.6 is 0 Å². The highest BCUT2D eigenvalue weighted by atomic mass is 16.5. The van der Waals surface area contributed by atoms with Crippen LogP contribution in [0.1, 0.15) is 45.4 Å². The highest BCUT2D eigenvalue weighted by Gasteiger charge is 2.45. The van der Waals surface area contributed by atoms with Gasteiger partial charge in [-0.3, -0.25) is 9.69 Å². The number of morpholine rings is 1. The average molecular weight is 310 g/mol. The summed E-state index contributed by atoms with van der Waals surface area (Å²) in [5.41, 5.74) is 0.134. The zero-order chi connectivity index (χ0) is 15.4. The van der Waals surface area contributed by atoms with Gasteiger partial charge >= 0.3 is 0 Å². The quantitative estimate of drug-likeness (QED) is 0.856. The normalized spacial score (nSPS) is 30.9. The van der Waals surface area contributed by atoms with Gasteiger partial charge < -0.3 is 14.8 Å². The maximum Gasteiger partial charge on any atom is 0.225 e. The van der Waals surface area contributed by atoms with E-state index in [9.17, 15) is 4.79 Å². The fourth-order valence-electron chi connectivity index (χ4n) is 4.43. The molecule has 1 amide bonds. The highest BCUT2D eigenvalue weighted by molar-refractivity contribution is 5.79. The Labute approximate surface area is 133 Å². The van der Waals surface area contributed by atoms with Crippen LogP contribution in [-0.2, 0) is 14.3 Å². The molecule has 2 aliphatic heterocycles. The second kappa shape index (κ2) is 7.28. The van der Waals surface area contributed by atoms with Gasteiger partial charge in [-0.25, -0.2) is 0 Å². The first-order chi connectivity index (χ1) is 10.7. The number of amides is 1. The summed E-state index contributed by atoms with van der Waals surface area (Å²) in [6.45, 7) is 7.21. The van der Waals surface area contributed by atoms with Crippen molar-refractivity contribution in [2.45, 2.75) is 57.0 Å². The Morgan fingerprint density at radius 2 is 1.86 bits per heavy atom. The molecule has 0 radical (unpaired) electrons. The van der Waals surface area contributed by atoms with E-state index in [1.165, 1.54) is 25.7 Å². The average Bonchev–Trinajstić information content (AvgIpc) is 3.07. The fourth-order valence-corrected chi connectivity index (χ4v) is 4.43. The molecule has 22 heavy (non-hydrogen) atoms. The zero-order valence-electron chi connectivity index (χ0n) is 13.8. The molecule has 1 aliphatic carbocycles. The molecule has 0 aromatic carbocycles. The Balaban J connectivity index is 1.64. The van der Waals surface area contributed by atoms with E-state index in [-0.39, 0.29) is 23.4 Å². The lowest BCUT2D eigenvalue weighted by molar-refractivity contribution is -0.131. The number of carbonyl (C=O) groups excluding carboxylic acids is 1. The van der Waals surface area contributed by atoms with E-state index in [2.05, 4.69) is 17.1 Å². The van der Waals surface area contributed by atoms with Gasteiger partial charge in [0.1, 0.15) is 0 Å². The number of rotatable bonds is 4. The van der Waals surface area contributed by atoms with Crippen molar-refractivity contribution < 1.29 is 14.3 Å². The molecular weight excluding hydrogens is 280 g/mol. The van der Waals surface area contributed by atoms with Gasteiger partial charge in [0.25, 0.3) is 0 Å². The lowest BCUT2D eigenvalue weighted by Crippen LogP contribution is -2.62. The molecule has 0 bridgehead atoms. The predicted octanol–water partition coefficient (Wildman–Crippen LogP) is 1.56. The van der Waals surface area contributed by atoms with E-state index in [4.69, 9.17) is 9.47 Å². The number of nitrogens with zero attached hydrogens (tertiary/aromatic N) is 1. The van der Waals surface area contributed by atoms with Crippen molar-refractivity contribution in [3.05, 3.63) is 0 Å². The first kappa shape index (κ1) is 16.2. The number of hydrogen-bond acceptors (Lipinski definition) is 4. The molecule has 3 rings (SSSR count). The monoisotopic (exact) mass is 310 g/mol. The Hall–Kier alpha value is -0.650. The smallest absolute Gasteiger partial charge is 0.225 e. The van der Waals surface area contributed by atoms with Gasteiger partial charge in [-0.1, -0.05) is 12.8 Å². The lowest BCUT2D eigenvalue weighted by Gasteiger charge is -2.47. The second-order valence-corrected chi connectivity index (χ2v) is 7.05. The molecular formula is C17H30N2O3. The summed E-state index contributed by atoms with van der Waals surface area (Å²) >= 11 is 0. The minimum atomic E-state index is 0.0411. The summed E-state index contributed by atoms with van der Waals surface area (Å²) in [6, 6.07) is 0.197. The van der Waals surface area contributed by atoms with Crippen LogP contribution in [0.5, 0.6) is 0 Å². The SMILES string of the molecule is CC(NC(=O)C1CCCOC1)C1(N2CCOCC2)CCCC1. The minimum absolute atomic E-state index is 0.0411. The van der Waals surface area contributed by atoms with E-state index in [0.717, 1.165) is 45.8 Å². The summed E-state index contributed by atoms with van der Waals surface area (Å²) < 4.78 is 11.0. The largest absolute Gasteiger partial charge is 0.381 e. The third-order valence-corrected chi connectivity index (χ3v) is 5.81. The van der Waals surface area contributed by atoms with Crippen molar-refractivity contribution in [2.24, 2.45) is 5.92 Å². The van der Waals surface area contributed by atoms with Gasteiger partial charge in [-0.05, 0) is 32.6 Å². The summed E-state index contributed by atoms with van der Waals surface area (Å²) in [6.07, 6.45) is 6.88. The van der Waals surface area contributed by atoms with E-state index >= 15 is 0 Å². The van der Waals surface area contributed by atoms with Crippen LogP contribution in [0.3, 0.4) is 0 Å². The summed E-state index contributed by atoms with van der Waals surface area (Å²) in [5, 5.41) is 3.33. The molecule has 2 heterocycles. The van der Waals surface area contributed by atoms with Gasteiger partial charge in [0.05, 0.1) is 25.7 Å². The number of ether oxygens (including phenoxy) is 2. The molecule has 1 N–H and O–H groups in total. The van der Waals surface area contributed by atoms with Crippen molar-refractivity contribution in [3.63, 3.8) is 0 Å². The molecule has 3 fully saturated rings. The van der Waals surface area contributed by atoms with Crippen LogP contribution in [0.25, 0.3) is 0 Å². The van der Waals surface area contributed by atoms with Gasteiger partial charge in [0, 0.05) is 31.3 Å². The van der Waals surface area contributed by atoms with Crippen molar-refractivity contribution >= 4 is 5.91 Å². The summed E-state index contributed by atoms with van der Waals surface area (Å²) in [5.74, 6) is 0.228. The maximum atomic E-state index is 12.6. The first-order valence-electron chi connectivity index (χ1n) is 8.93. The molecule has 2 saturated heterocycles. The van der Waals surface area contributed by atoms with Gasteiger partial charge in [-0.2, -0.15) is 0 Å². The standard InChI is InChI=1S/C17H30N2O3/c1-14(18-16(20)15-5-4-10-22-13-15)17(6-2-3-7-17)19-8-11-21-12-9-19/h14-15H,2-13H2,1H3,(H,18,20). The van der Waals surface area contributed by atoms with Crippen molar-refractivity contribution in [1.29, 1.82) is 0 Å². The van der Waals surface area contributed by atoms with E-state index in [1.807, 2.05) is 0 Å². The first-order valence-corrected chi connectivity index (χ1v) is 8.93. The number of nitrogens with one attached hydrogen (secondary N) is 1. The van der Waals surface area contributed by atoms with Crippen LogP contribution in [-0.4, -0.2) is 61.9 Å².